The van der Waals surface area contributed by atoms with Gasteiger partial charge in [-0.05, 0) is 94.1 Å². The van der Waals surface area contributed by atoms with Crippen LogP contribution in [0.5, 0.6) is 17.2 Å². The van der Waals surface area contributed by atoms with E-state index < -0.39 is 41.3 Å². The van der Waals surface area contributed by atoms with Crippen LogP contribution < -0.4 is 20.7 Å². The number of aliphatic hydroxyl groups excluding tert-OH is 1. The molecule has 2 heterocycles. The van der Waals surface area contributed by atoms with Gasteiger partial charge in [0.25, 0.3) is 0 Å². The van der Waals surface area contributed by atoms with E-state index in [1.807, 2.05) is 79.7 Å². The van der Waals surface area contributed by atoms with Crippen molar-refractivity contribution >= 4 is 46.1 Å². The third-order valence-corrected chi connectivity index (χ3v) is 12.1. The van der Waals surface area contributed by atoms with Gasteiger partial charge in [-0.15, -0.1) is 11.3 Å². The number of aromatic nitrogens is 1. The van der Waals surface area contributed by atoms with Crippen molar-refractivity contribution in [1.29, 1.82) is 0 Å². The SMILES string of the molecule is CCC(=C(c1ccc(O)cc1)c1ccc(OCCNC(=O)CCC(=O)N[C@H](C(=O)N2C[C@H](O)C[C@H]2C(=O)NCc2ccc(-c3scnc3C)cc2)C(C)(C)C)cc1)c1ccc(O)cc1. The maximum atomic E-state index is 14.0. The number of thiazole rings is 1. The third-order valence-electron chi connectivity index (χ3n) is 11.2. The van der Waals surface area contributed by atoms with Crippen LogP contribution in [0.15, 0.2) is 103 Å². The van der Waals surface area contributed by atoms with Crippen LogP contribution in [0.3, 0.4) is 0 Å². The lowest BCUT2D eigenvalue weighted by Crippen LogP contribution is -2.57. The number of nitrogens with one attached hydrogen (secondary N) is 3. The number of aromatic hydroxyl groups is 2. The average molecular weight is 888 g/mol. The summed E-state index contributed by atoms with van der Waals surface area (Å²) in [6.07, 6.45) is -0.391. The minimum Gasteiger partial charge on any atom is -0.508 e. The first-order valence-corrected chi connectivity index (χ1v) is 22.4. The number of phenolic OH excluding ortho intramolecular Hbond substituents is 2. The number of allylic oxidation sites excluding steroid dienone is 1. The number of aryl methyl sites for hydroxylation is 1. The highest BCUT2D eigenvalue weighted by Gasteiger charge is 2.44. The van der Waals surface area contributed by atoms with Crippen LogP contribution in [0.4, 0.5) is 0 Å². The van der Waals surface area contributed by atoms with Gasteiger partial charge in [0, 0.05) is 32.4 Å². The number of ether oxygens (including phenoxy) is 1. The van der Waals surface area contributed by atoms with Crippen molar-refractivity contribution in [3.8, 4) is 27.7 Å². The molecule has 336 valence electrons. The molecule has 5 aromatic rings. The summed E-state index contributed by atoms with van der Waals surface area (Å²) in [5, 5.41) is 38.9. The van der Waals surface area contributed by atoms with Gasteiger partial charge >= 0.3 is 0 Å². The molecule has 14 heteroatoms. The Hall–Kier alpha value is -6.51. The molecule has 0 saturated carbocycles. The van der Waals surface area contributed by atoms with Crippen molar-refractivity contribution in [3.05, 3.63) is 131 Å². The number of aliphatic hydroxyl groups is 1. The van der Waals surface area contributed by atoms with Gasteiger partial charge in [0.2, 0.25) is 23.6 Å². The van der Waals surface area contributed by atoms with Gasteiger partial charge in [0.1, 0.15) is 35.9 Å². The van der Waals surface area contributed by atoms with Crippen LogP contribution >= 0.6 is 11.3 Å². The Morgan fingerprint density at radius 3 is 2.00 bits per heavy atom. The number of nitrogens with zero attached hydrogens (tertiary/aromatic N) is 2. The molecule has 0 unspecified atom stereocenters. The van der Waals surface area contributed by atoms with Crippen LogP contribution in [0.25, 0.3) is 21.6 Å². The lowest BCUT2D eigenvalue weighted by Gasteiger charge is -2.35. The molecule has 4 aromatic carbocycles. The van der Waals surface area contributed by atoms with Crippen molar-refractivity contribution in [2.75, 3.05) is 19.7 Å². The Morgan fingerprint density at radius 1 is 0.828 bits per heavy atom. The number of hydrogen-bond acceptors (Lipinski definition) is 10. The Balaban J connectivity index is 0.978. The first kappa shape index (κ1) is 47.0. The molecule has 1 aromatic heterocycles. The number of rotatable bonds is 17. The summed E-state index contributed by atoms with van der Waals surface area (Å²) in [7, 11) is 0. The van der Waals surface area contributed by atoms with E-state index in [9.17, 15) is 34.5 Å². The van der Waals surface area contributed by atoms with E-state index in [-0.39, 0.29) is 62.9 Å². The van der Waals surface area contributed by atoms with Crippen molar-refractivity contribution in [3.63, 3.8) is 0 Å². The quantitative estimate of drug-likeness (QED) is 0.0423. The van der Waals surface area contributed by atoms with E-state index in [4.69, 9.17) is 4.74 Å². The minimum absolute atomic E-state index is 0.0460. The summed E-state index contributed by atoms with van der Waals surface area (Å²) in [4.78, 5) is 60.1. The van der Waals surface area contributed by atoms with E-state index in [2.05, 4.69) is 27.9 Å². The molecule has 4 amide bonds. The molecule has 0 bridgehead atoms. The zero-order valence-corrected chi connectivity index (χ0v) is 37.7. The maximum absolute atomic E-state index is 14.0. The van der Waals surface area contributed by atoms with E-state index >= 15 is 0 Å². The molecule has 6 rings (SSSR count). The second-order valence-corrected chi connectivity index (χ2v) is 17.8. The largest absolute Gasteiger partial charge is 0.508 e. The van der Waals surface area contributed by atoms with Crippen LogP contribution in [0.1, 0.15) is 81.3 Å². The Bertz CT molecular complexity index is 2420. The second-order valence-electron chi connectivity index (χ2n) is 17.0. The molecule has 1 fully saturated rings. The summed E-state index contributed by atoms with van der Waals surface area (Å²) < 4.78 is 5.92. The fourth-order valence-corrected chi connectivity index (χ4v) is 8.55. The van der Waals surface area contributed by atoms with Gasteiger partial charge in [0.05, 0.1) is 28.7 Å². The third kappa shape index (κ3) is 12.1. The van der Waals surface area contributed by atoms with Gasteiger partial charge in [-0.2, -0.15) is 0 Å². The molecule has 3 atom stereocenters. The highest BCUT2D eigenvalue weighted by atomic mass is 32.1. The molecule has 64 heavy (non-hydrogen) atoms. The summed E-state index contributed by atoms with van der Waals surface area (Å²) in [5.74, 6) is -0.773. The Labute approximate surface area is 378 Å². The molecule has 0 radical (unpaired) electrons. The molecular formula is C50H57N5O8S. The topological polar surface area (TPSA) is 190 Å². The highest BCUT2D eigenvalue weighted by molar-refractivity contribution is 7.13. The van der Waals surface area contributed by atoms with Gasteiger partial charge in [-0.1, -0.05) is 88.4 Å². The summed E-state index contributed by atoms with van der Waals surface area (Å²) >= 11 is 1.56. The molecule has 1 aliphatic rings. The predicted octanol–water partition coefficient (Wildman–Crippen LogP) is 6.98. The summed E-state index contributed by atoms with van der Waals surface area (Å²) in [6, 6.07) is 27.6. The lowest BCUT2D eigenvalue weighted by molar-refractivity contribution is -0.144. The highest BCUT2D eigenvalue weighted by Crippen LogP contribution is 2.36. The molecule has 0 aliphatic carbocycles. The van der Waals surface area contributed by atoms with Gasteiger partial charge < -0.3 is 40.9 Å². The summed E-state index contributed by atoms with van der Waals surface area (Å²) in [5.41, 5.74) is 8.79. The Morgan fingerprint density at radius 2 is 1.42 bits per heavy atom. The fraction of sp³-hybridized carbons (Fsp3) is 0.340. The number of carbonyl (C=O) groups is 4. The molecular weight excluding hydrogens is 831 g/mol. The van der Waals surface area contributed by atoms with Crippen LogP contribution in [0.2, 0.25) is 0 Å². The number of carbonyl (C=O) groups excluding carboxylic acids is 4. The van der Waals surface area contributed by atoms with E-state index in [1.54, 1.807) is 61.9 Å². The van der Waals surface area contributed by atoms with Crippen LogP contribution in [0, 0.1) is 12.3 Å². The van der Waals surface area contributed by atoms with Crippen molar-refractivity contribution in [2.24, 2.45) is 5.41 Å². The maximum Gasteiger partial charge on any atom is 0.246 e. The fourth-order valence-electron chi connectivity index (χ4n) is 7.74. The predicted molar refractivity (Wildman–Crippen MR) is 248 cm³/mol. The van der Waals surface area contributed by atoms with E-state index in [0.29, 0.717) is 12.2 Å². The number of β-amino-alcohol motifs (C(OH)–C–C–N with tert-alkyl or cyclic N) is 1. The molecule has 1 aliphatic heterocycles. The first-order chi connectivity index (χ1) is 30.6. The molecule has 6 N–H and O–H groups in total. The Kier molecular flexibility index (Phi) is 15.6. The minimum atomic E-state index is -1.01. The normalized spacial score (nSPS) is 15.8. The monoisotopic (exact) mass is 887 g/mol. The summed E-state index contributed by atoms with van der Waals surface area (Å²) in [6.45, 7) is 10.0. The number of likely N-dealkylation sites (tertiary alicyclic amines) is 1. The first-order valence-electron chi connectivity index (χ1n) is 21.5. The number of benzene rings is 4. The average Bonchev–Trinajstić information content (AvgIpc) is 3.90. The van der Waals surface area contributed by atoms with Crippen molar-refractivity contribution in [1.82, 2.24) is 25.8 Å². The lowest BCUT2D eigenvalue weighted by atomic mass is 9.85. The van der Waals surface area contributed by atoms with E-state index in [0.717, 1.165) is 49.5 Å². The van der Waals surface area contributed by atoms with Gasteiger partial charge in [-0.25, -0.2) is 4.98 Å². The molecule has 1 saturated heterocycles. The van der Waals surface area contributed by atoms with Gasteiger partial charge in [0.15, 0.2) is 0 Å². The number of hydrogen-bond donors (Lipinski definition) is 6. The van der Waals surface area contributed by atoms with Crippen molar-refractivity contribution in [2.45, 2.75) is 85.0 Å². The van der Waals surface area contributed by atoms with Crippen molar-refractivity contribution < 1.29 is 39.2 Å². The van der Waals surface area contributed by atoms with E-state index in [1.165, 1.54) is 4.90 Å². The van der Waals surface area contributed by atoms with Crippen LogP contribution in [-0.2, 0) is 25.7 Å². The van der Waals surface area contributed by atoms with Gasteiger partial charge in [-0.3, -0.25) is 19.2 Å². The zero-order chi connectivity index (χ0) is 46.0. The smallest absolute Gasteiger partial charge is 0.246 e. The zero-order valence-electron chi connectivity index (χ0n) is 36.9. The number of phenols is 2. The molecule has 0 spiro atoms. The number of amides is 4. The molecule has 13 nitrogen and oxygen atoms in total. The standard InChI is InChI=1S/C50H57N5O8S/c1-6-41(33-11-17-37(56)18-12-33)45(34-13-19-38(57)20-14-34)35-15-21-40(22-16-35)63-26-25-51-43(59)23-24-44(60)54-47(50(3,4)5)49(62)55-29-39(58)27-42(55)48(61)52-28-32-7-9-36(10-8-32)46-31(2)53-30-64-46/h7-22,30,39,42,47,56-58H,6,23-29H2,1-5H3,(H,51,59)(H,52,61)(H,54,60)/t39-,42+,47-/m1/s1. The second kappa shape index (κ2) is 21.2. The van der Waals surface area contributed by atoms with Crippen LogP contribution in [-0.4, -0.2) is 86.7 Å².